The van der Waals surface area contributed by atoms with Crippen molar-refractivity contribution < 1.29 is 4.90 Å². The maximum Gasteiger partial charge on any atom is 0.0949 e. The van der Waals surface area contributed by atoms with E-state index in [1.54, 1.807) is 4.90 Å². The number of aryl methyl sites for hydroxylation is 1. The molecule has 28 heavy (non-hydrogen) atoms. The second-order valence-electron chi connectivity index (χ2n) is 8.03. The molecular formula is C26H31N2+. The average Bonchev–Trinajstić information content (AvgIpc) is 2.76. The second-order valence-corrected chi connectivity index (χ2v) is 8.03. The van der Waals surface area contributed by atoms with Gasteiger partial charge in [0.2, 0.25) is 0 Å². The van der Waals surface area contributed by atoms with E-state index in [4.69, 9.17) is 0 Å². The van der Waals surface area contributed by atoms with Gasteiger partial charge in [0.05, 0.1) is 38.6 Å². The van der Waals surface area contributed by atoms with Crippen molar-refractivity contribution in [3.63, 3.8) is 0 Å². The van der Waals surface area contributed by atoms with Crippen LogP contribution in [0.4, 0.5) is 5.69 Å². The van der Waals surface area contributed by atoms with Gasteiger partial charge >= 0.3 is 0 Å². The lowest BCUT2D eigenvalue weighted by Crippen LogP contribution is -3.15. The predicted molar refractivity (Wildman–Crippen MR) is 118 cm³/mol. The minimum atomic E-state index is 0.463. The third-order valence-electron chi connectivity index (χ3n) is 6.28. The summed E-state index contributed by atoms with van der Waals surface area (Å²) in [5, 5.41) is 0. The topological polar surface area (TPSA) is 7.68 Å². The summed E-state index contributed by atoms with van der Waals surface area (Å²) in [6.45, 7) is 10.3. The molecule has 0 radical (unpaired) electrons. The molecule has 2 heteroatoms. The fourth-order valence-electron chi connectivity index (χ4n) is 4.43. The molecule has 0 aromatic heterocycles. The molecule has 3 aromatic rings. The van der Waals surface area contributed by atoms with E-state index >= 15 is 0 Å². The highest BCUT2D eigenvalue weighted by atomic mass is 15.3. The zero-order chi connectivity index (χ0) is 19.3. The fourth-order valence-corrected chi connectivity index (χ4v) is 4.43. The van der Waals surface area contributed by atoms with Crippen LogP contribution in [0.2, 0.25) is 0 Å². The number of hydrogen-bond donors (Lipinski definition) is 1. The highest BCUT2D eigenvalue weighted by Crippen LogP contribution is 2.24. The normalized spacial score (nSPS) is 15.2. The molecule has 1 N–H and O–H groups in total. The number of quaternary nitrogens is 1. The fraction of sp³-hybridized carbons (Fsp3) is 0.308. The third-order valence-corrected chi connectivity index (χ3v) is 6.28. The van der Waals surface area contributed by atoms with Crippen molar-refractivity contribution in [3.8, 4) is 0 Å². The Morgan fingerprint density at radius 2 is 1.32 bits per heavy atom. The maximum absolute atomic E-state index is 2.58. The number of benzene rings is 3. The molecule has 0 atom stereocenters. The number of nitrogens with zero attached hydrogens (tertiary/aromatic N) is 1. The van der Waals surface area contributed by atoms with E-state index in [2.05, 4.69) is 97.6 Å². The molecule has 1 aliphatic rings. The van der Waals surface area contributed by atoms with Gasteiger partial charge in [-0.1, -0.05) is 72.8 Å². The molecule has 4 rings (SSSR count). The van der Waals surface area contributed by atoms with Crippen molar-refractivity contribution in [2.24, 2.45) is 0 Å². The molecule has 1 heterocycles. The minimum absolute atomic E-state index is 0.463. The van der Waals surface area contributed by atoms with E-state index in [1.165, 1.54) is 41.0 Å². The Hall–Kier alpha value is -2.58. The molecule has 1 saturated heterocycles. The van der Waals surface area contributed by atoms with E-state index in [0.717, 1.165) is 19.6 Å². The van der Waals surface area contributed by atoms with Gasteiger partial charge in [-0.05, 0) is 42.2 Å². The maximum atomic E-state index is 2.58. The Labute approximate surface area is 169 Å². The summed E-state index contributed by atoms with van der Waals surface area (Å²) in [7, 11) is 0. The van der Waals surface area contributed by atoms with Crippen molar-refractivity contribution in [2.75, 3.05) is 37.6 Å². The van der Waals surface area contributed by atoms with Crippen molar-refractivity contribution >= 4 is 5.69 Å². The Morgan fingerprint density at radius 1 is 0.750 bits per heavy atom. The molecule has 0 amide bonds. The monoisotopic (exact) mass is 371 g/mol. The molecule has 2 nitrogen and oxygen atoms in total. The Morgan fingerprint density at radius 3 is 1.89 bits per heavy atom. The van der Waals surface area contributed by atoms with Crippen LogP contribution in [0.1, 0.15) is 28.2 Å². The van der Waals surface area contributed by atoms with Gasteiger partial charge < -0.3 is 9.80 Å². The van der Waals surface area contributed by atoms with Crippen LogP contribution in [-0.4, -0.2) is 32.7 Å². The van der Waals surface area contributed by atoms with E-state index in [1.807, 2.05) is 0 Å². The van der Waals surface area contributed by atoms with Crippen LogP contribution in [0.15, 0.2) is 78.9 Å². The van der Waals surface area contributed by atoms with Gasteiger partial charge in [-0.3, -0.25) is 0 Å². The smallest absolute Gasteiger partial charge is 0.0949 e. The van der Waals surface area contributed by atoms with E-state index in [9.17, 15) is 0 Å². The van der Waals surface area contributed by atoms with Gasteiger partial charge in [0.15, 0.2) is 0 Å². The lowest BCUT2D eigenvalue weighted by molar-refractivity contribution is -0.901. The van der Waals surface area contributed by atoms with Crippen LogP contribution in [-0.2, 0) is 0 Å². The van der Waals surface area contributed by atoms with Crippen LogP contribution in [0, 0.1) is 13.8 Å². The molecule has 144 valence electrons. The first-order chi connectivity index (χ1) is 13.7. The van der Waals surface area contributed by atoms with E-state index in [-0.39, 0.29) is 0 Å². The summed E-state index contributed by atoms with van der Waals surface area (Å²) >= 11 is 0. The Balaban J connectivity index is 1.47. The molecule has 0 unspecified atom stereocenters. The lowest BCUT2D eigenvalue weighted by atomic mass is 9.90. The van der Waals surface area contributed by atoms with Crippen LogP contribution < -0.4 is 9.80 Å². The molecule has 1 fully saturated rings. The zero-order valence-corrected chi connectivity index (χ0v) is 17.1. The summed E-state index contributed by atoms with van der Waals surface area (Å²) in [5.74, 6) is 0.463. The van der Waals surface area contributed by atoms with E-state index < -0.39 is 0 Å². The minimum Gasteiger partial charge on any atom is -0.360 e. The number of anilines is 1. The van der Waals surface area contributed by atoms with Crippen LogP contribution in [0.3, 0.4) is 0 Å². The highest BCUT2D eigenvalue weighted by Gasteiger charge is 2.25. The molecule has 0 bridgehead atoms. The molecule has 0 spiro atoms. The number of rotatable bonds is 5. The third kappa shape index (κ3) is 4.13. The van der Waals surface area contributed by atoms with Gasteiger partial charge in [0.1, 0.15) is 0 Å². The number of nitrogens with one attached hydrogen (secondary N) is 1. The van der Waals surface area contributed by atoms with Crippen LogP contribution in [0.25, 0.3) is 0 Å². The van der Waals surface area contributed by atoms with Crippen LogP contribution >= 0.6 is 0 Å². The molecule has 0 saturated carbocycles. The van der Waals surface area contributed by atoms with E-state index in [0.29, 0.717) is 5.92 Å². The Kier molecular flexibility index (Phi) is 5.78. The molecule has 1 aliphatic heterocycles. The molecular weight excluding hydrogens is 340 g/mol. The summed E-state index contributed by atoms with van der Waals surface area (Å²) < 4.78 is 0. The average molecular weight is 372 g/mol. The standard InChI is InChI=1S/C26H30N2/c1-21-10-9-15-26(22(21)2)28-18-16-27(17-19-28)20-25(23-11-5-3-6-12-23)24-13-7-4-8-14-24/h3-15,25H,16-20H2,1-2H3/p+1. The first-order valence-corrected chi connectivity index (χ1v) is 10.5. The molecule has 3 aromatic carbocycles. The van der Waals surface area contributed by atoms with Crippen molar-refractivity contribution in [1.82, 2.24) is 0 Å². The predicted octanol–water partition coefficient (Wildman–Crippen LogP) is 3.84. The highest BCUT2D eigenvalue weighted by molar-refractivity contribution is 5.56. The summed E-state index contributed by atoms with van der Waals surface area (Å²) in [4.78, 5) is 4.28. The van der Waals surface area contributed by atoms with Gasteiger partial charge in [-0.15, -0.1) is 0 Å². The SMILES string of the molecule is Cc1cccc(N2CC[NH+](CC(c3ccccc3)c3ccccc3)CC2)c1C. The lowest BCUT2D eigenvalue weighted by Gasteiger charge is -2.36. The summed E-state index contributed by atoms with van der Waals surface area (Å²) in [6, 6.07) is 28.7. The van der Waals surface area contributed by atoms with Gasteiger partial charge in [-0.2, -0.15) is 0 Å². The van der Waals surface area contributed by atoms with Gasteiger partial charge in [-0.25, -0.2) is 0 Å². The number of hydrogen-bond acceptors (Lipinski definition) is 1. The van der Waals surface area contributed by atoms with Gasteiger partial charge in [0.25, 0.3) is 0 Å². The first kappa shape index (κ1) is 18.8. The second kappa shape index (κ2) is 8.62. The first-order valence-electron chi connectivity index (χ1n) is 10.5. The Bertz CT molecular complexity index is 841. The largest absolute Gasteiger partial charge is 0.360 e. The quantitative estimate of drug-likeness (QED) is 0.716. The van der Waals surface area contributed by atoms with Crippen LogP contribution in [0.5, 0.6) is 0 Å². The zero-order valence-electron chi connectivity index (χ0n) is 17.1. The van der Waals surface area contributed by atoms with Crippen molar-refractivity contribution in [1.29, 1.82) is 0 Å². The number of piperazine rings is 1. The summed E-state index contributed by atoms with van der Waals surface area (Å²) in [5.41, 5.74) is 7.09. The van der Waals surface area contributed by atoms with Crippen molar-refractivity contribution in [3.05, 3.63) is 101 Å². The van der Waals surface area contributed by atoms with Gasteiger partial charge in [0, 0.05) is 5.69 Å². The van der Waals surface area contributed by atoms with Crippen molar-refractivity contribution in [2.45, 2.75) is 19.8 Å². The summed E-state index contributed by atoms with van der Waals surface area (Å²) in [6.07, 6.45) is 0. The molecule has 0 aliphatic carbocycles.